The van der Waals surface area contributed by atoms with Crippen LogP contribution in [0.15, 0.2) is 0 Å². The van der Waals surface area contributed by atoms with Crippen LogP contribution in [0.25, 0.3) is 0 Å². The van der Waals surface area contributed by atoms with Crippen molar-refractivity contribution in [2.24, 2.45) is 0 Å². The topological polar surface area (TPSA) is 122 Å². The van der Waals surface area contributed by atoms with Crippen molar-refractivity contribution in [1.29, 1.82) is 0 Å². The third-order valence-corrected chi connectivity index (χ3v) is 7.55. The molecule has 3 N–H and O–H groups in total. The Hall–Kier alpha value is -1.42. The average molecular weight is 491 g/mol. The lowest BCUT2D eigenvalue weighted by Crippen LogP contribution is -2.41. The van der Waals surface area contributed by atoms with Gasteiger partial charge >= 0.3 is 11.9 Å². The Morgan fingerprint density at radius 2 is 1.59 bits per heavy atom. The van der Waals surface area contributed by atoms with E-state index in [1.165, 1.54) is 60.6 Å². The highest BCUT2D eigenvalue weighted by atomic mass is 33.1. The van der Waals surface area contributed by atoms with E-state index >= 15 is 0 Å². The van der Waals surface area contributed by atoms with Crippen LogP contribution in [-0.2, 0) is 23.9 Å². The maximum absolute atomic E-state index is 12.1. The summed E-state index contributed by atoms with van der Waals surface area (Å²) >= 11 is 0. The Kier molecular flexibility index (Phi) is 16.1. The van der Waals surface area contributed by atoms with E-state index in [0.717, 1.165) is 25.7 Å². The van der Waals surface area contributed by atoms with Gasteiger partial charge in [-0.15, -0.1) is 0 Å². The van der Waals surface area contributed by atoms with Gasteiger partial charge in [0.1, 0.15) is 12.1 Å². The minimum absolute atomic E-state index is 0.0380. The molecule has 0 aromatic rings. The van der Waals surface area contributed by atoms with Gasteiger partial charge in [-0.2, -0.15) is 0 Å². The standard InChI is InChI=1S/C22H38N2O6S2/c1-17(25)24-19(22(28)29)16-32-31-15-13-20(26)23-14-9-12-21(27)30-18-10-7-5-3-2-4-6-8-11-18/h18-19H,2-16H2,1H3,(H,23,26)(H,24,25)(H,28,29)/t19-/m0/s1. The first-order valence-electron chi connectivity index (χ1n) is 11.6. The summed E-state index contributed by atoms with van der Waals surface area (Å²) in [7, 11) is 2.70. The van der Waals surface area contributed by atoms with E-state index in [2.05, 4.69) is 10.6 Å². The molecule has 184 valence electrons. The van der Waals surface area contributed by atoms with Gasteiger partial charge in [0.05, 0.1) is 0 Å². The summed E-state index contributed by atoms with van der Waals surface area (Å²) in [6.45, 7) is 1.71. The fourth-order valence-corrected chi connectivity index (χ4v) is 5.56. The molecule has 1 aliphatic rings. The normalized spacial score (nSPS) is 16.5. The van der Waals surface area contributed by atoms with Gasteiger partial charge in [-0.3, -0.25) is 14.4 Å². The molecule has 0 aliphatic heterocycles. The van der Waals surface area contributed by atoms with Crippen molar-refractivity contribution in [2.75, 3.05) is 18.1 Å². The van der Waals surface area contributed by atoms with Crippen LogP contribution >= 0.6 is 21.6 Å². The maximum Gasteiger partial charge on any atom is 0.327 e. The SMILES string of the molecule is CC(=O)N[C@@H](CSSCCC(=O)NCCCC(=O)OC1CCCCCCCCC1)C(=O)O. The highest BCUT2D eigenvalue weighted by Crippen LogP contribution is 2.23. The molecule has 0 aromatic carbocycles. The van der Waals surface area contributed by atoms with Crippen LogP contribution in [-0.4, -0.2) is 59.1 Å². The lowest BCUT2D eigenvalue weighted by atomic mass is 9.99. The van der Waals surface area contributed by atoms with Gasteiger partial charge < -0.3 is 20.5 Å². The van der Waals surface area contributed by atoms with Crippen LogP contribution in [0.1, 0.15) is 84.0 Å². The molecule has 1 rings (SSSR count). The second-order valence-electron chi connectivity index (χ2n) is 8.07. The lowest BCUT2D eigenvalue weighted by molar-refractivity contribution is -0.150. The van der Waals surface area contributed by atoms with Crippen LogP contribution in [0.2, 0.25) is 0 Å². The zero-order chi connectivity index (χ0) is 23.6. The molecule has 0 radical (unpaired) electrons. The van der Waals surface area contributed by atoms with Crippen LogP contribution < -0.4 is 10.6 Å². The summed E-state index contributed by atoms with van der Waals surface area (Å²) in [4.78, 5) is 46.0. The van der Waals surface area contributed by atoms with E-state index in [1.54, 1.807) is 0 Å². The fourth-order valence-electron chi connectivity index (χ4n) is 3.41. The van der Waals surface area contributed by atoms with Crippen LogP contribution in [0.5, 0.6) is 0 Å². The van der Waals surface area contributed by atoms with E-state index in [1.807, 2.05) is 0 Å². The zero-order valence-electron chi connectivity index (χ0n) is 19.1. The molecule has 1 fully saturated rings. The molecular formula is C22H38N2O6S2. The van der Waals surface area contributed by atoms with E-state index in [0.29, 0.717) is 31.6 Å². The third kappa shape index (κ3) is 15.4. The van der Waals surface area contributed by atoms with E-state index in [9.17, 15) is 19.2 Å². The second-order valence-corrected chi connectivity index (χ2v) is 10.7. The van der Waals surface area contributed by atoms with Gasteiger partial charge in [0.25, 0.3) is 0 Å². The number of carboxylic acid groups (broad SMARTS) is 1. The van der Waals surface area contributed by atoms with Crippen molar-refractivity contribution >= 4 is 45.3 Å². The Morgan fingerprint density at radius 3 is 2.19 bits per heavy atom. The number of carbonyl (C=O) groups is 4. The smallest absolute Gasteiger partial charge is 0.327 e. The molecule has 1 aliphatic carbocycles. The minimum atomic E-state index is -1.08. The fraction of sp³-hybridized carbons (Fsp3) is 0.818. The second kappa shape index (κ2) is 18.1. The Morgan fingerprint density at radius 1 is 0.969 bits per heavy atom. The molecular weight excluding hydrogens is 452 g/mol. The number of hydrogen-bond donors (Lipinski definition) is 3. The molecule has 0 unspecified atom stereocenters. The molecule has 1 saturated carbocycles. The molecule has 0 heterocycles. The predicted octanol–water partition coefficient (Wildman–Crippen LogP) is 3.68. The third-order valence-electron chi connectivity index (χ3n) is 5.14. The van der Waals surface area contributed by atoms with Gasteiger partial charge in [0, 0.05) is 37.8 Å². The summed E-state index contributed by atoms with van der Waals surface area (Å²) in [6.07, 6.45) is 11.6. The number of nitrogens with one attached hydrogen (secondary N) is 2. The highest BCUT2D eigenvalue weighted by molar-refractivity contribution is 8.76. The van der Waals surface area contributed by atoms with E-state index in [4.69, 9.17) is 9.84 Å². The number of aliphatic carboxylic acids is 1. The summed E-state index contributed by atoms with van der Waals surface area (Å²) in [5, 5.41) is 14.2. The number of hydrogen-bond acceptors (Lipinski definition) is 7. The van der Waals surface area contributed by atoms with E-state index in [-0.39, 0.29) is 29.6 Å². The zero-order valence-corrected chi connectivity index (χ0v) is 20.7. The van der Waals surface area contributed by atoms with Crippen molar-refractivity contribution in [3.05, 3.63) is 0 Å². The molecule has 10 heteroatoms. The Balaban J connectivity index is 2.07. The summed E-state index contributed by atoms with van der Waals surface area (Å²) < 4.78 is 5.66. The van der Waals surface area contributed by atoms with Gasteiger partial charge in [0.15, 0.2) is 0 Å². The number of esters is 1. The first-order valence-corrected chi connectivity index (χ1v) is 14.1. The van der Waals surface area contributed by atoms with Gasteiger partial charge in [0.2, 0.25) is 11.8 Å². The highest BCUT2D eigenvalue weighted by Gasteiger charge is 2.18. The molecule has 0 aromatic heterocycles. The van der Waals surface area contributed by atoms with Crippen LogP contribution in [0.4, 0.5) is 0 Å². The first-order chi connectivity index (χ1) is 15.4. The molecule has 0 bridgehead atoms. The van der Waals surface area contributed by atoms with Gasteiger partial charge in [-0.05, 0) is 32.1 Å². The van der Waals surface area contributed by atoms with Crippen molar-refractivity contribution < 1.29 is 29.0 Å². The summed E-state index contributed by atoms with van der Waals surface area (Å²) in [5.74, 6) is -0.987. The van der Waals surface area contributed by atoms with Crippen LogP contribution in [0.3, 0.4) is 0 Å². The number of ether oxygens (including phenoxy) is 1. The minimum Gasteiger partial charge on any atom is -0.480 e. The number of carbonyl (C=O) groups excluding carboxylic acids is 3. The molecule has 1 atom stereocenters. The maximum atomic E-state index is 12.1. The van der Waals surface area contributed by atoms with Crippen molar-refractivity contribution in [3.8, 4) is 0 Å². The molecule has 0 spiro atoms. The Bertz CT molecular complexity index is 581. The quantitative estimate of drug-likeness (QED) is 0.203. The van der Waals surface area contributed by atoms with Crippen molar-refractivity contribution in [3.63, 3.8) is 0 Å². The summed E-state index contributed by atoms with van der Waals surface area (Å²) in [6, 6.07) is -0.935. The average Bonchev–Trinajstić information content (AvgIpc) is 2.74. The number of rotatable bonds is 13. The van der Waals surface area contributed by atoms with Crippen molar-refractivity contribution in [1.82, 2.24) is 10.6 Å². The van der Waals surface area contributed by atoms with Crippen molar-refractivity contribution in [2.45, 2.75) is 96.1 Å². The van der Waals surface area contributed by atoms with Crippen LogP contribution in [0, 0.1) is 0 Å². The number of amides is 2. The largest absolute Gasteiger partial charge is 0.480 e. The molecule has 8 nitrogen and oxygen atoms in total. The molecule has 2 amide bonds. The van der Waals surface area contributed by atoms with E-state index < -0.39 is 12.0 Å². The Labute approximate surface area is 199 Å². The number of carboxylic acids is 1. The lowest BCUT2D eigenvalue weighted by Gasteiger charge is -2.19. The first kappa shape index (κ1) is 28.6. The monoisotopic (exact) mass is 490 g/mol. The molecule has 0 saturated heterocycles. The predicted molar refractivity (Wildman–Crippen MR) is 128 cm³/mol. The van der Waals surface area contributed by atoms with Gasteiger partial charge in [-0.25, -0.2) is 4.79 Å². The summed E-state index contributed by atoms with van der Waals surface area (Å²) in [5.41, 5.74) is 0. The molecule has 32 heavy (non-hydrogen) atoms. The van der Waals surface area contributed by atoms with Gasteiger partial charge in [-0.1, -0.05) is 53.7 Å².